The summed E-state index contributed by atoms with van der Waals surface area (Å²) in [6.45, 7) is 13.7. The van der Waals surface area contributed by atoms with Gasteiger partial charge in [0.2, 0.25) is 0 Å². The zero-order chi connectivity index (χ0) is 23.7. The first-order chi connectivity index (χ1) is 16.4. The first-order valence-corrected chi connectivity index (χ1v) is 12.6. The number of aromatic nitrogens is 7. The van der Waals surface area contributed by atoms with E-state index in [9.17, 15) is 0 Å². The van der Waals surface area contributed by atoms with Gasteiger partial charge in [-0.25, -0.2) is 9.67 Å². The van der Waals surface area contributed by atoms with Gasteiger partial charge < -0.3 is 10.1 Å². The standard InChI is InChI=1S/C24H37N9O/c1-5-32-23-20(15-26-32)21(27-19-8-12-34-13-9-19)18(14-25-23)16-31-10-6-17(7-11-31)22-28-30-33(29-22)24(2,3)4/h14-15,17,19H,5-13,16H2,1-4H3,(H,25,27). The van der Waals surface area contributed by atoms with Crippen molar-refractivity contribution in [3.05, 3.63) is 23.8 Å². The van der Waals surface area contributed by atoms with Gasteiger partial charge in [0.1, 0.15) is 0 Å². The van der Waals surface area contributed by atoms with Crippen molar-refractivity contribution < 1.29 is 4.74 Å². The van der Waals surface area contributed by atoms with Crippen molar-refractivity contribution in [1.82, 2.24) is 39.9 Å². The molecule has 2 saturated heterocycles. The summed E-state index contributed by atoms with van der Waals surface area (Å²) in [6.07, 6.45) is 8.15. The maximum Gasteiger partial charge on any atom is 0.177 e. The number of pyridine rings is 1. The molecule has 2 fully saturated rings. The van der Waals surface area contributed by atoms with Crippen LogP contribution >= 0.6 is 0 Å². The quantitative estimate of drug-likeness (QED) is 0.590. The molecule has 184 valence electrons. The van der Waals surface area contributed by atoms with Crippen LogP contribution in [0.2, 0.25) is 0 Å². The Morgan fingerprint density at radius 3 is 2.53 bits per heavy atom. The minimum atomic E-state index is -0.142. The van der Waals surface area contributed by atoms with Crippen LogP contribution in [0.25, 0.3) is 11.0 Å². The highest BCUT2D eigenvalue weighted by molar-refractivity contribution is 5.90. The highest BCUT2D eigenvalue weighted by Crippen LogP contribution is 2.31. The van der Waals surface area contributed by atoms with Gasteiger partial charge in [0, 0.05) is 50.0 Å². The summed E-state index contributed by atoms with van der Waals surface area (Å²) in [5.41, 5.74) is 3.24. The molecule has 0 atom stereocenters. The molecule has 0 bridgehead atoms. The summed E-state index contributed by atoms with van der Waals surface area (Å²) >= 11 is 0. The molecule has 0 saturated carbocycles. The number of rotatable bonds is 6. The minimum absolute atomic E-state index is 0.142. The van der Waals surface area contributed by atoms with Crippen LogP contribution in [0, 0.1) is 0 Å². The summed E-state index contributed by atoms with van der Waals surface area (Å²) in [6, 6.07) is 0.422. The van der Waals surface area contributed by atoms with E-state index in [2.05, 4.69) is 58.4 Å². The third-order valence-electron chi connectivity index (χ3n) is 6.99. The van der Waals surface area contributed by atoms with Gasteiger partial charge >= 0.3 is 0 Å². The fraction of sp³-hybridized carbons (Fsp3) is 0.708. The molecule has 1 N–H and O–H groups in total. The van der Waals surface area contributed by atoms with Crippen LogP contribution in [0.1, 0.15) is 70.7 Å². The molecule has 2 aliphatic heterocycles. The number of anilines is 1. The molecule has 0 unspecified atom stereocenters. The Bertz CT molecular complexity index is 1100. The number of likely N-dealkylation sites (tertiary alicyclic amines) is 1. The van der Waals surface area contributed by atoms with Gasteiger partial charge in [-0.15, -0.1) is 10.2 Å². The molecular weight excluding hydrogens is 430 g/mol. The highest BCUT2D eigenvalue weighted by Gasteiger charge is 2.27. The monoisotopic (exact) mass is 467 g/mol. The molecule has 0 aromatic carbocycles. The second kappa shape index (κ2) is 9.58. The van der Waals surface area contributed by atoms with Crippen LogP contribution in [0.15, 0.2) is 12.4 Å². The average molecular weight is 468 g/mol. The number of fused-ring (bicyclic) bond motifs is 1. The van der Waals surface area contributed by atoms with Crippen LogP contribution in [0.5, 0.6) is 0 Å². The van der Waals surface area contributed by atoms with Gasteiger partial charge in [-0.1, -0.05) is 0 Å². The first-order valence-electron chi connectivity index (χ1n) is 12.6. The number of hydrogen-bond donors (Lipinski definition) is 1. The molecule has 3 aromatic rings. The normalized spacial score (nSPS) is 19.2. The van der Waals surface area contributed by atoms with Crippen LogP contribution < -0.4 is 5.32 Å². The zero-order valence-electron chi connectivity index (χ0n) is 20.9. The number of nitrogens with zero attached hydrogens (tertiary/aromatic N) is 8. The third-order valence-corrected chi connectivity index (χ3v) is 6.99. The molecule has 5 heterocycles. The van der Waals surface area contributed by atoms with Gasteiger partial charge in [-0.2, -0.15) is 9.90 Å². The molecule has 3 aromatic heterocycles. The van der Waals surface area contributed by atoms with Crippen molar-refractivity contribution >= 4 is 16.7 Å². The van der Waals surface area contributed by atoms with E-state index in [4.69, 9.17) is 9.72 Å². The third kappa shape index (κ3) is 4.79. The van der Waals surface area contributed by atoms with Crippen LogP contribution in [-0.2, 0) is 23.4 Å². The fourth-order valence-corrected chi connectivity index (χ4v) is 4.90. The maximum absolute atomic E-state index is 5.57. The van der Waals surface area contributed by atoms with E-state index >= 15 is 0 Å². The number of aryl methyl sites for hydroxylation is 1. The van der Waals surface area contributed by atoms with Crippen molar-refractivity contribution in [2.24, 2.45) is 0 Å². The molecule has 5 rings (SSSR count). The van der Waals surface area contributed by atoms with Crippen LogP contribution in [0.4, 0.5) is 5.69 Å². The van der Waals surface area contributed by atoms with Gasteiger partial charge in [-0.05, 0) is 71.7 Å². The van der Waals surface area contributed by atoms with Crippen molar-refractivity contribution in [3.63, 3.8) is 0 Å². The summed E-state index contributed by atoms with van der Waals surface area (Å²) in [4.78, 5) is 9.05. The number of ether oxygens (including phenoxy) is 1. The van der Waals surface area contributed by atoms with E-state index in [-0.39, 0.29) is 5.54 Å². The van der Waals surface area contributed by atoms with E-state index in [1.807, 2.05) is 17.1 Å². The second-order valence-electron chi connectivity index (χ2n) is 10.5. The summed E-state index contributed by atoms with van der Waals surface area (Å²) in [7, 11) is 0. The van der Waals surface area contributed by atoms with Crippen molar-refractivity contribution in [1.29, 1.82) is 0 Å². The van der Waals surface area contributed by atoms with Crippen molar-refractivity contribution in [2.45, 2.75) is 84.0 Å². The SMILES string of the molecule is CCn1ncc2c(NC3CCOCC3)c(CN3CCC(c4nnn(C(C)(C)C)n4)CC3)cnc21. The Morgan fingerprint density at radius 1 is 1.09 bits per heavy atom. The number of hydrogen-bond acceptors (Lipinski definition) is 8. The van der Waals surface area contributed by atoms with Gasteiger partial charge in [0.25, 0.3) is 0 Å². The Labute approximate surface area is 201 Å². The lowest BCUT2D eigenvalue weighted by molar-refractivity contribution is 0.0904. The van der Waals surface area contributed by atoms with Gasteiger partial charge in [-0.3, -0.25) is 4.90 Å². The molecule has 0 radical (unpaired) electrons. The predicted octanol–water partition coefficient (Wildman–Crippen LogP) is 3.16. The highest BCUT2D eigenvalue weighted by atomic mass is 16.5. The van der Waals surface area contributed by atoms with Crippen LogP contribution in [-0.4, -0.2) is 72.2 Å². The molecule has 0 spiro atoms. The summed E-state index contributed by atoms with van der Waals surface area (Å²) < 4.78 is 7.54. The molecule has 0 aliphatic carbocycles. The number of tetrazole rings is 1. The van der Waals surface area contributed by atoms with E-state index in [0.29, 0.717) is 12.0 Å². The number of nitrogens with one attached hydrogen (secondary N) is 1. The lowest BCUT2D eigenvalue weighted by Gasteiger charge is -2.32. The van der Waals surface area contributed by atoms with Crippen molar-refractivity contribution in [2.75, 3.05) is 31.6 Å². The molecule has 2 aliphatic rings. The second-order valence-corrected chi connectivity index (χ2v) is 10.5. The smallest absolute Gasteiger partial charge is 0.177 e. The lowest BCUT2D eigenvalue weighted by atomic mass is 9.96. The van der Waals surface area contributed by atoms with Gasteiger partial charge in [0.05, 0.1) is 22.8 Å². The summed E-state index contributed by atoms with van der Waals surface area (Å²) in [5.74, 6) is 1.25. The molecule has 10 heteroatoms. The molecule has 10 nitrogen and oxygen atoms in total. The van der Waals surface area contributed by atoms with E-state index in [1.165, 1.54) is 11.3 Å². The maximum atomic E-state index is 5.57. The molecule has 0 amide bonds. The minimum Gasteiger partial charge on any atom is -0.381 e. The first kappa shape index (κ1) is 23.2. The van der Waals surface area contributed by atoms with Crippen molar-refractivity contribution in [3.8, 4) is 0 Å². The Balaban J connectivity index is 1.30. The Kier molecular flexibility index (Phi) is 6.52. The van der Waals surface area contributed by atoms with Gasteiger partial charge in [0.15, 0.2) is 11.5 Å². The predicted molar refractivity (Wildman–Crippen MR) is 131 cm³/mol. The van der Waals surface area contributed by atoms with E-state index < -0.39 is 0 Å². The van der Waals surface area contributed by atoms with Crippen LogP contribution in [0.3, 0.4) is 0 Å². The topological polar surface area (TPSA) is 98.8 Å². The van der Waals surface area contributed by atoms with E-state index in [0.717, 1.165) is 81.9 Å². The molecular formula is C24H37N9O. The van der Waals surface area contributed by atoms with E-state index in [1.54, 1.807) is 4.80 Å². The largest absolute Gasteiger partial charge is 0.381 e. The fourth-order valence-electron chi connectivity index (χ4n) is 4.90. The molecule has 34 heavy (non-hydrogen) atoms. The number of piperidine rings is 1. The summed E-state index contributed by atoms with van der Waals surface area (Å²) in [5, 5.41) is 22.8. The average Bonchev–Trinajstić information content (AvgIpc) is 3.49. The zero-order valence-corrected chi connectivity index (χ0v) is 20.9. The lowest BCUT2D eigenvalue weighted by Crippen LogP contribution is -2.34. The Hall–Kier alpha value is -2.59. The Morgan fingerprint density at radius 2 is 1.85 bits per heavy atom.